The summed E-state index contributed by atoms with van der Waals surface area (Å²) < 4.78 is 5.67. The van der Waals surface area contributed by atoms with Crippen molar-refractivity contribution < 1.29 is 24.9 Å². The van der Waals surface area contributed by atoms with E-state index in [1.54, 1.807) is 42.3 Å². The highest BCUT2D eigenvalue weighted by Gasteiger charge is 2.64. The summed E-state index contributed by atoms with van der Waals surface area (Å²) in [6.07, 6.45) is -0.836. The van der Waals surface area contributed by atoms with Gasteiger partial charge in [-0.25, -0.2) is 0 Å². The molecule has 2 fully saturated rings. The Morgan fingerprint density at radius 1 is 0.829 bits per heavy atom. The molecule has 210 valence electrons. The van der Waals surface area contributed by atoms with E-state index in [1.165, 1.54) is 0 Å². The van der Waals surface area contributed by atoms with Crippen molar-refractivity contribution in [3.8, 4) is 11.5 Å². The van der Waals surface area contributed by atoms with Crippen molar-refractivity contribution in [2.75, 3.05) is 20.2 Å². The molecule has 4 aromatic carbocycles. The van der Waals surface area contributed by atoms with Gasteiger partial charge >= 0.3 is 0 Å². The zero-order valence-corrected chi connectivity index (χ0v) is 23.1. The van der Waals surface area contributed by atoms with Gasteiger partial charge < -0.3 is 25.0 Å². The molecule has 0 radical (unpaired) electrons. The molecule has 4 aromatic rings. The van der Waals surface area contributed by atoms with Crippen LogP contribution in [0.5, 0.6) is 11.5 Å². The lowest BCUT2D eigenvalue weighted by Gasteiger charge is -2.55. The number of phenolic OH excluding ortho intramolecular Hbond substituents is 1. The minimum absolute atomic E-state index is 0.0471. The topological polar surface area (TPSA) is 90.2 Å². The number of phenols is 1. The monoisotopic (exact) mass is 549 g/mol. The number of carbonyl (C=O) groups is 1. The fourth-order valence-corrected chi connectivity index (χ4v) is 7.40. The summed E-state index contributed by atoms with van der Waals surface area (Å²) in [4.78, 5) is 15.6. The number of hydrogen-bond acceptors (Lipinski definition) is 5. The Morgan fingerprint density at radius 2 is 1.39 bits per heavy atom. The third-order valence-electron chi connectivity index (χ3n) is 9.34. The second-order valence-electron chi connectivity index (χ2n) is 11.3. The Bertz CT molecular complexity index is 1480. The van der Waals surface area contributed by atoms with E-state index in [2.05, 4.69) is 24.3 Å². The van der Waals surface area contributed by atoms with Crippen LogP contribution in [-0.4, -0.2) is 52.4 Å². The average Bonchev–Trinajstić information content (AvgIpc) is 3.48. The fraction of sp³-hybridized carbons (Fsp3) is 0.286. The second-order valence-corrected chi connectivity index (χ2v) is 11.3. The number of para-hydroxylation sites is 2. The third kappa shape index (κ3) is 4.39. The quantitative estimate of drug-likeness (QED) is 0.326. The lowest BCUT2D eigenvalue weighted by molar-refractivity contribution is -0.168. The maximum atomic E-state index is 13.8. The van der Waals surface area contributed by atoms with Crippen molar-refractivity contribution >= 4 is 5.91 Å². The smallest absolute Gasteiger partial charge is 0.227 e. The van der Waals surface area contributed by atoms with Crippen molar-refractivity contribution in [2.45, 2.75) is 30.0 Å². The van der Waals surface area contributed by atoms with Gasteiger partial charge in [0.05, 0.1) is 19.6 Å². The molecular weight excluding hydrogens is 514 g/mol. The number of carbonyl (C=O) groups excluding carboxylic acids is 1. The second kappa shape index (κ2) is 10.7. The molecule has 1 aliphatic heterocycles. The van der Waals surface area contributed by atoms with Crippen LogP contribution < -0.4 is 4.74 Å². The Kier molecular flexibility index (Phi) is 7.06. The lowest BCUT2D eigenvalue weighted by atomic mass is 9.51. The van der Waals surface area contributed by atoms with Crippen LogP contribution in [0.1, 0.15) is 28.7 Å². The number of nitrogens with zero attached hydrogens (tertiary/aromatic N) is 1. The van der Waals surface area contributed by atoms with E-state index in [4.69, 9.17) is 4.74 Å². The van der Waals surface area contributed by atoms with Gasteiger partial charge in [0.1, 0.15) is 17.1 Å². The van der Waals surface area contributed by atoms with Crippen LogP contribution in [0.25, 0.3) is 0 Å². The maximum absolute atomic E-state index is 13.8. The van der Waals surface area contributed by atoms with Gasteiger partial charge in [-0.15, -0.1) is 0 Å². The number of ether oxygens (including phenoxy) is 1. The summed E-state index contributed by atoms with van der Waals surface area (Å²) >= 11 is 0. The minimum atomic E-state index is -1.66. The number of fused-ring (bicyclic) bond motifs is 1. The largest absolute Gasteiger partial charge is 0.508 e. The molecular formula is C35H35NO5. The lowest BCUT2D eigenvalue weighted by Crippen LogP contribution is -2.60. The number of rotatable bonds is 6. The van der Waals surface area contributed by atoms with Crippen LogP contribution in [0.4, 0.5) is 0 Å². The van der Waals surface area contributed by atoms with Crippen LogP contribution in [0.15, 0.2) is 109 Å². The molecule has 1 heterocycles. The first-order valence-electron chi connectivity index (χ1n) is 14.1. The fourth-order valence-electron chi connectivity index (χ4n) is 7.40. The van der Waals surface area contributed by atoms with E-state index in [0.717, 1.165) is 11.1 Å². The standard InChI is InChI=1S/C35H35NO5/c1-41-31-19-11-9-17-27(31)35(40)29-23-36(33(39)20-24-12-8-10-18-30(24)37)22-28(29)34(21-32(35)38,25-13-4-2-5-14-25)26-15-6-3-7-16-26/h2-19,28-29,32,37-38,40H,20-23H2,1H3/t28-,29+,32-,35+/m1/s1. The molecule has 1 saturated carbocycles. The van der Waals surface area contributed by atoms with Crippen molar-refractivity contribution in [1.29, 1.82) is 0 Å². The number of likely N-dealkylation sites (tertiary alicyclic amines) is 1. The molecule has 1 saturated heterocycles. The van der Waals surface area contributed by atoms with Crippen LogP contribution in [0.3, 0.4) is 0 Å². The van der Waals surface area contributed by atoms with Gasteiger partial charge in [0.2, 0.25) is 5.91 Å². The van der Waals surface area contributed by atoms with Crippen molar-refractivity contribution in [3.63, 3.8) is 0 Å². The van der Waals surface area contributed by atoms with Gasteiger partial charge in [0.25, 0.3) is 0 Å². The molecule has 0 bridgehead atoms. The van der Waals surface area contributed by atoms with Crippen LogP contribution in [-0.2, 0) is 22.2 Å². The summed E-state index contributed by atoms with van der Waals surface area (Å²) in [5, 5.41) is 35.1. The van der Waals surface area contributed by atoms with Gasteiger partial charge in [-0.3, -0.25) is 4.79 Å². The average molecular weight is 550 g/mol. The normalized spacial score (nSPS) is 25.0. The summed E-state index contributed by atoms with van der Waals surface area (Å²) in [6, 6.07) is 34.4. The third-order valence-corrected chi connectivity index (χ3v) is 9.34. The Hall–Kier alpha value is -4.13. The predicted octanol–water partition coefficient (Wildman–Crippen LogP) is 4.66. The molecule has 0 spiro atoms. The highest BCUT2D eigenvalue weighted by Crippen LogP contribution is 2.60. The van der Waals surface area contributed by atoms with E-state index in [0.29, 0.717) is 23.4 Å². The Balaban J connectivity index is 1.51. The first-order chi connectivity index (χ1) is 19.9. The number of aromatic hydroxyl groups is 1. The van der Waals surface area contributed by atoms with Crippen LogP contribution >= 0.6 is 0 Å². The maximum Gasteiger partial charge on any atom is 0.227 e. The minimum Gasteiger partial charge on any atom is -0.508 e. The number of amides is 1. The summed E-state index contributed by atoms with van der Waals surface area (Å²) in [6.45, 7) is 0.648. The first-order valence-corrected chi connectivity index (χ1v) is 14.1. The number of aliphatic hydroxyl groups excluding tert-OH is 1. The van der Waals surface area contributed by atoms with E-state index < -0.39 is 23.0 Å². The molecule has 41 heavy (non-hydrogen) atoms. The van der Waals surface area contributed by atoms with Crippen LogP contribution in [0, 0.1) is 11.8 Å². The van der Waals surface area contributed by atoms with E-state index in [-0.39, 0.29) is 37.0 Å². The molecule has 3 N–H and O–H groups in total. The SMILES string of the molecule is COc1ccccc1[C@@]1(O)[C@H](O)CC(c2ccccc2)(c2ccccc2)[C@@H]2CN(C(=O)Cc3ccccc3O)C[C@@H]21. The van der Waals surface area contributed by atoms with Crippen molar-refractivity contribution in [2.24, 2.45) is 11.8 Å². The number of benzene rings is 4. The molecule has 4 atom stereocenters. The number of aliphatic hydroxyl groups is 2. The molecule has 2 aliphatic rings. The van der Waals surface area contributed by atoms with Gasteiger partial charge in [0, 0.05) is 35.5 Å². The van der Waals surface area contributed by atoms with E-state index in [1.807, 2.05) is 54.6 Å². The zero-order chi connectivity index (χ0) is 28.6. The molecule has 1 aliphatic carbocycles. The van der Waals surface area contributed by atoms with Gasteiger partial charge in [-0.2, -0.15) is 0 Å². The molecule has 6 nitrogen and oxygen atoms in total. The summed E-state index contributed by atoms with van der Waals surface area (Å²) in [7, 11) is 1.56. The molecule has 6 rings (SSSR count). The highest BCUT2D eigenvalue weighted by molar-refractivity contribution is 5.80. The molecule has 0 aromatic heterocycles. The molecule has 0 unspecified atom stereocenters. The van der Waals surface area contributed by atoms with E-state index >= 15 is 0 Å². The Labute approximate surface area is 240 Å². The van der Waals surface area contributed by atoms with E-state index in [9.17, 15) is 20.1 Å². The zero-order valence-electron chi connectivity index (χ0n) is 23.1. The number of hydrogen-bond donors (Lipinski definition) is 3. The number of methoxy groups -OCH3 is 1. The van der Waals surface area contributed by atoms with Crippen molar-refractivity contribution in [1.82, 2.24) is 4.90 Å². The summed E-state index contributed by atoms with van der Waals surface area (Å²) in [5.41, 5.74) is 0.841. The Morgan fingerprint density at radius 3 is 2.02 bits per heavy atom. The molecule has 6 heteroatoms. The van der Waals surface area contributed by atoms with Crippen LogP contribution in [0.2, 0.25) is 0 Å². The summed E-state index contributed by atoms with van der Waals surface area (Å²) in [5.74, 6) is -0.275. The predicted molar refractivity (Wildman–Crippen MR) is 157 cm³/mol. The highest BCUT2D eigenvalue weighted by atomic mass is 16.5. The van der Waals surface area contributed by atoms with Gasteiger partial charge in [-0.05, 0) is 35.6 Å². The van der Waals surface area contributed by atoms with Gasteiger partial charge in [0.15, 0.2) is 0 Å². The van der Waals surface area contributed by atoms with Gasteiger partial charge in [-0.1, -0.05) is 97.1 Å². The molecule has 1 amide bonds. The first kappa shape index (κ1) is 27.1. The van der Waals surface area contributed by atoms with Crippen molar-refractivity contribution in [3.05, 3.63) is 131 Å².